The number of nitrogens with one attached hydrogen (secondary N) is 1. The van der Waals surface area contributed by atoms with Crippen molar-refractivity contribution in [2.45, 2.75) is 6.92 Å². The molecule has 0 aliphatic carbocycles. The minimum absolute atomic E-state index is 0.0177. The van der Waals surface area contributed by atoms with Crippen LogP contribution in [0, 0.1) is 6.92 Å². The Kier molecular flexibility index (Phi) is 3.85. The molecule has 4 nitrogen and oxygen atoms in total. The van der Waals surface area contributed by atoms with Crippen LogP contribution in [0.4, 0.5) is 11.4 Å². The number of rotatable bonds is 3. The first-order valence-electron chi connectivity index (χ1n) is 4.45. The molecule has 0 aliphatic rings. The maximum Gasteiger partial charge on any atom is 0.236 e. The van der Waals surface area contributed by atoms with Crippen LogP contribution < -0.4 is 11.1 Å². The molecule has 0 heterocycles. The molecule has 0 saturated heterocycles. The lowest BCUT2D eigenvalue weighted by molar-refractivity contribution is -0.113. The molecule has 0 aromatic heterocycles. The van der Waals surface area contributed by atoms with Gasteiger partial charge in [-0.1, -0.05) is 0 Å². The number of benzene rings is 1. The number of carbonyl (C=O) groups excluding carboxylic acids is 1. The summed E-state index contributed by atoms with van der Waals surface area (Å²) in [5.41, 5.74) is 7.84. The molecule has 0 radical (unpaired) electrons. The van der Waals surface area contributed by atoms with Gasteiger partial charge in [0.05, 0.1) is 0 Å². The van der Waals surface area contributed by atoms with Crippen LogP contribution in [0.3, 0.4) is 0 Å². The third kappa shape index (κ3) is 3.71. The van der Waals surface area contributed by atoms with Crippen molar-refractivity contribution >= 4 is 28.1 Å². The smallest absolute Gasteiger partial charge is 0.236 e. The Morgan fingerprint density at radius 1 is 1.53 bits per heavy atom. The second-order valence-corrected chi connectivity index (χ2v) is 4.78. The summed E-state index contributed by atoms with van der Waals surface area (Å²) >= 11 is 0. The van der Waals surface area contributed by atoms with Gasteiger partial charge in [-0.05, 0) is 30.7 Å². The fraction of sp³-hybridized carbons (Fsp3) is 0.300. The first-order valence-corrected chi connectivity index (χ1v) is 6.18. The van der Waals surface area contributed by atoms with Crippen molar-refractivity contribution in [3.63, 3.8) is 0 Å². The molecule has 1 atom stereocenters. The number of hydrogen-bond donors (Lipinski definition) is 2. The molecule has 0 bridgehead atoms. The molecule has 0 saturated carbocycles. The number of carbonyl (C=O) groups is 1. The molecule has 1 aromatic rings. The van der Waals surface area contributed by atoms with E-state index in [-0.39, 0.29) is 11.7 Å². The number of anilines is 2. The summed E-state index contributed by atoms with van der Waals surface area (Å²) in [6.07, 6.45) is 1.50. The normalized spacial score (nSPS) is 12.1. The molecule has 1 aromatic carbocycles. The van der Waals surface area contributed by atoms with Gasteiger partial charge < -0.3 is 11.1 Å². The van der Waals surface area contributed by atoms with Gasteiger partial charge in [0.25, 0.3) is 0 Å². The lowest BCUT2D eigenvalue weighted by atomic mass is 10.2. The van der Waals surface area contributed by atoms with Gasteiger partial charge in [0.2, 0.25) is 5.91 Å². The van der Waals surface area contributed by atoms with Crippen LogP contribution in [-0.2, 0) is 15.6 Å². The molecule has 5 heteroatoms. The Balaban J connectivity index is 2.72. The van der Waals surface area contributed by atoms with Crippen molar-refractivity contribution in [1.82, 2.24) is 0 Å². The average molecular weight is 226 g/mol. The van der Waals surface area contributed by atoms with Gasteiger partial charge in [-0.15, -0.1) is 0 Å². The van der Waals surface area contributed by atoms with E-state index in [9.17, 15) is 9.00 Å². The van der Waals surface area contributed by atoms with E-state index < -0.39 is 10.8 Å². The van der Waals surface area contributed by atoms with Gasteiger partial charge in [-0.2, -0.15) is 0 Å². The fourth-order valence-corrected chi connectivity index (χ4v) is 1.64. The van der Waals surface area contributed by atoms with Crippen LogP contribution >= 0.6 is 0 Å². The first-order chi connectivity index (χ1) is 6.99. The SMILES string of the molecule is Cc1cc(N)ccc1NC(=O)CS(C)=O. The minimum atomic E-state index is -1.12. The summed E-state index contributed by atoms with van der Waals surface area (Å²) in [5, 5.41) is 2.68. The van der Waals surface area contributed by atoms with E-state index in [2.05, 4.69) is 5.32 Å². The fourth-order valence-electron chi connectivity index (χ4n) is 1.20. The third-order valence-electron chi connectivity index (χ3n) is 1.86. The van der Waals surface area contributed by atoms with Crippen molar-refractivity contribution in [3.8, 4) is 0 Å². The quantitative estimate of drug-likeness (QED) is 0.752. The zero-order valence-corrected chi connectivity index (χ0v) is 9.56. The molecule has 1 unspecified atom stereocenters. The van der Waals surface area contributed by atoms with Crippen LogP contribution in [0.1, 0.15) is 5.56 Å². The number of hydrogen-bond acceptors (Lipinski definition) is 3. The Morgan fingerprint density at radius 3 is 2.73 bits per heavy atom. The van der Waals surface area contributed by atoms with Crippen molar-refractivity contribution in [1.29, 1.82) is 0 Å². The van der Waals surface area contributed by atoms with Crippen LogP contribution in [0.25, 0.3) is 0 Å². The Bertz CT molecular complexity index is 404. The maximum atomic E-state index is 11.3. The monoisotopic (exact) mass is 226 g/mol. The second-order valence-electron chi connectivity index (χ2n) is 3.34. The lowest BCUT2D eigenvalue weighted by Crippen LogP contribution is -2.19. The third-order valence-corrected chi connectivity index (χ3v) is 2.53. The highest BCUT2D eigenvalue weighted by molar-refractivity contribution is 7.85. The standard InChI is InChI=1S/C10H14N2O2S/c1-7-5-8(11)3-4-9(7)12-10(13)6-15(2)14/h3-5H,6,11H2,1-2H3,(H,12,13). The largest absolute Gasteiger partial charge is 0.399 e. The maximum absolute atomic E-state index is 11.3. The number of amides is 1. The minimum Gasteiger partial charge on any atom is -0.399 e. The molecule has 0 spiro atoms. The zero-order chi connectivity index (χ0) is 11.4. The molecular weight excluding hydrogens is 212 g/mol. The van der Waals surface area contributed by atoms with Gasteiger partial charge in [0, 0.05) is 28.4 Å². The number of nitrogens with two attached hydrogens (primary N) is 1. The summed E-state index contributed by atoms with van der Waals surface area (Å²) in [6.45, 7) is 1.86. The predicted molar refractivity (Wildman–Crippen MR) is 63.2 cm³/mol. The average Bonchev–Trinajstić information content (AvgIpc) is 2.08. The van der Waals surface area contributed by atoms with Crippen LogP contribution in [-0.4, -0.2) is 22.1 Å². The van der Waals surface area contributed by atoms with Crippen molar-refractivity contribution in [3.05, 3.63) is 23.8 Å². The summed E-state index contributed by atoms with van der Waals surface area (Å²) < 4.78 is 10.8. The van der Waals surface area contributed by atoms with Crippen molar-refractivity contribution < 1.29 is 9.00 Å². The Morgan fingerprint density at radius 2 is 2.20 bits per heavy atom. The van der Waals surface area contributed by atoms with Gasteiger partial charge in [0.1, 0.15) is 5.75 Å². The van der Waals surface area contributed by atoms with Crippen LogP contribution in [0.5, 0.6) is 0 Å². The van der Waals surface area contributed by atoms with Crippen LogP contribution in [0.15, 0.2) is 18.2 Å². The zero-order valence-electron chi connectivity index (χ0n) is 8.74. The number of nitrogen functional groups attached to an aromatic ring is 1. The van der Waals surface area contributed by atoms with Gasteiger partial charge in [-0.25, -0.2) is 0 Å². The van der Waals surface area contributed by atoms with E-state index in [4.69, 9.17) is 5.73 Å². The highest BCUT2D eigenvalue weighted by Gasteiger charge is 2.06. The number of aryl methyl sites for hydroxylation is 1. The van der Waals surface area contributed by atoms with Crippen molar-refractivity contribution in [2.24, 2.45) is 0 Å². The van der Waals surface area contributed by atoms with Gasteiger partial charge in [-0.3, -0.25) is 9.00 Å². The molecule has 1 amide bonds. The summed E-state index contributed by atoms with van der Waals surface area (Å²) in [6, 6.07) is 5.23. The lowest BCUT2D eigenvalue weighted by Gasteiger charge is -2.07. The van der Waals surface area contributed by atoms with Gasteiger partial charge in [0.15, 0.2) is 0 Å². The van der Waals surface area contributed by atoms with Crippen molar-refractivity contribution in [2.75, 3.05) is 23.1 Å². The molecule has 82 valence electrons. The van der Waals surface area contributed by atoms with Crippen LogP contribution in [0.2, 0.25) is 0 Å². The molecule has 15 heavy (non-hydrogen) atoms. The Labute approximate surface area is 91.3 Å². The molecular formula is C10H14N2O2S. The summed E-state index contributed by atoms with van der Waals surface area (Å²) in [7, 11) is -1.12. The van der Waals surface area contributed by atoms with E-state index in [0.29, 0.717) is 11.4 Å². The first kappa shape index (κ1) is 11.7. The predicted octanol–water partition coefficient (Wildman–Crippen LogP) is 0.894. The highest BCUT2D eigenvalue weighted by Crippen LogP contribution is 2.17. The van der Waals surface area contributed by atoms with E-state index in [1.54, 1.807) is 18.2 Å². The van der Waals surface area contributed by atoms with Gasteiger partial charge >= 0.3 is 0 Å². The summed E-state index contributed by atoms with van der Waals surface area (Å²) in [5.74, 6) is -0.229. The second kappa shape index (κ2) is 4.93. The van der Waals surface area contributed by atoms with E-state index in [1.807, 2.05) is 6.92 Å². The van der Waals surface area contributed by atoms with E-state index >= 15 is 0 Å². The molecule has 1 rings (SSSR count). The van der Waals surface area contributed by atoms with E-state index in [0.717, 1.165) is 5.56 Å². The topological polar surface area (TPSA) is 72.2 Å². The Hall–Kier alpha value is -1.36. The molecule has 3 N–H and O–H groups in total. The summed E-state index contributed by atoms with van der Waals surface area (Å²) in [4.78, 5) is 11.3. The highest BCUT2D eigenvalue weighted by atomic mass is 32.2. The molecule has 0 aliphatic heterocycles. The van der Waals surface area contributed by atoms with E-state index in [1.165, 1.54) is 6.26 Å². The molecule has 0 fully saturated rings.